The van der Waals surface area contributed by atoms with Crippen LogP contribution in [0, 0.1) is 23.2 Å². The van der Waals surface area contributed by atoms with Crippen molar-refractivity contribution in [1.82, 2.24) is 0 Å². The molecule has 1 fully saturated rings. The standard InChI is InChI=1S/C39H52O14/c1-20(2)35(45)51-31-22(4)30(48-23(5)40)28-33(52-36(46)27-15-13-12-14-16-27)38(11,53-26(8)43)19-39(28,47)32(49-24(6)41)21(3)17-18-37(9,10)34(29(31)44)50-25(7)42/h12-18,20-21,28-34,44,47H,4,19H2,1-3,5-11H3/b18-17-/t21-,28-,29+,30?,31-,32-,33+,34?,38+,39+/m0/s1. The van der Waals surface area contributed by atoms with Crippen molar-refractivity contribution in [2.24, 2.45) is 23.2 Å². The summed E-state index contributed by atoms with van der Waals surface area (Å²) in [5.74, 6) is -8.37. The Morgan fingerprint density at radius 1 is 0.774 bits per heavy atom. The van der Waals surface area contributed by atoms with E-state index in [0.717, 1.165) is 27.7 Å². The van der Waals surface area contributed by atoms with Gasteiger partial charge in [0.1, 0.15) is 35.6 Å². The number of aliphatic hydroxyl groups is 2. The highest BCUT2D eigenvalue weighted by molar-refractivity contribution is 5.89. The number of esters is 6. The van der Waals surface area contributed by atoms with Gasteiger partial charge >= 0.3 is 35.8 Å². The van der Waals surface area contributed by atoms with Crippen molar-refractivity contribution < 1.29 is 67.4 Å². The molecule has 0 aromatic heterocycles. The maximum absolute atomic E-state index is 13.8. The van der Waals surface area contributed by atoms with Crippen molar-refractivity contribution in [3.05, 3.63) is 60.2 Å². The molecule has 2 unspecified atom stereocenters. The summed E-state index contributed by atoms with van der Waals surface area (Å²) < 4.78 is 35.1. The van der Waals surface area contributed by atoms with Gasteiger partial charge in [0.05, 0.1) is 17.4 Å². The van der Waals surface area contributed by atoms with Crippen LogP contribution in [-0.2, 0) is 52.4 Å². The molecule has 1 saturated carbocycles. The molecule has 53 heavy (non-hydrogen) atoms. The second-order valence-electron chi connectivity index (χ2n) is 15.0. The van der Waals surface area contributed by atoms with E-state index < -0.39 is 113 Å². The first-order valence-electron chi connectivity index (χ1n) is 17.4. The Hall–Kier alpha value is -4.56. The van der Waals surface area contributed by atoms with Crippen LogP contribution >= 0.6 is 0 Å². The van der Waals surface area contributed by atoms with E-state index in [2.05, 4.69) is 6.58 Å². The van der Waals surface area contributed by atoms with Gasteiger partial charge in [-0.1, -0.05) is 71.5 Å². The van der Waals surface area contributed by atoms with Crippen molar-refractivity contribution in [2.45, 2.75) is 123 Å². The number of benzene rings is 1. The molecule has 0 saturated heterocycles. The predicted octanol–water partition coefficient (Wildman–Crippen LogP) is 3.80. The first kappa shape index (κ1) is 42.8. The molecule has 0 spiro atoms. The van der Waals surface area contributed by atoms with Crippen LogP contribution < -0.4 is 0 Å². The quantitative estimate of drug-likeness (QED) is 0.221. The zero-order valence-electron chi connectivity index (χ0n) is 31.9. The molecule has 14 heteroatoms. The molecule has 14 nitrogen and oxygen atoms in total. The molecule has 10 atom stereocenters. The summed E-state index contributed by atoms with van der Waals surface area (Å²) in [6, 6.07) is 7.80. The summed E-state index contributed by atoms with van der Waals surface area (Å²) >= 11 is 0. The molecule has 1 aromatic carbocycles. The Balaban J connectivity index is 2.51. The number of fused-ring (bicyclic) bond motifs is 1. The average Bonchev–Trinajstić information content (AvgIpc) is 3.26. The highest BCUT2D eigenvalue weighted by Gasteiger charge is 2.70. The number of hydrogen-bond donors (Lipinski definition) is 2. The molecular weight excluding hydrogens is 692 g/mol. The Morgan fingerprint density at radius 2 is 1.32 bits per heavy atom. The zero-order chi connectivity index (χ0) is 40.2. The second kappa shape index (κ2) is 16.6. The lowest BCUT2D eigenvalue weighted by molar-refractivity contribution is -0.194. The van der Waals surface area contributed by atoms with Crippen molar-refractivity contribution in [3.63, 3.8) is 0 Å². The van der Waals surface area contributed by atoms with E-state index in [-0.39, 0.29) is 11.1 Å². The lowest BCUT2D eigenvalue weighted by Gasteiger charge is -2.45. The molecule has 3 rings (SSSR count). The van der Waals surface area contributed by atoms with Gasteiger partial charge in [0.2, 0.25) is 0 Å². The second-order valence-corrected chi connectivity index (χ2v) is 15.0. The van der Waals surface area contributed by atoms with Crippen molar-refractivity contribution >= 4 is 35.8 Å². The molecular formula is C39H52O14. The van der Waals surface area contributed by atoms with E-state index in [0.29, 0.717) is 0 Å². The number of carbonyl (C=O) groups excluding carboxylic acids is 6. The Bertz CT molecular complexity index is 1600. The minimum absolute atomic E-state index is 0.0857. The number of aliphatic hydroxyl groups excluding tert-OH is 1. The van der Waals surface area contributed by atoms with Gasteiger partial charge in [0, 0.05) is 51.0 Å². The molecule has 1 aromatic rings. The molecule has 0 bridgehead atoms. The Kier molecular flexibility index (Phi) is 13.4. The maximum atomic E-state index is 13.8. The van der Waals surface area contributed by atoms with Gasteiger partial charge in [0.25, 0.3) is 0 Å². The van der Waals surface area contributed by atoms with Crippen LogP contribution in [0.2, 0.25) is 0 Å². The Morgan fingerprint density at radius 3 is 1.83 bits per heavy atom. The minimum atomic E-state index is -2.36. The van der Waals surface area contributed by atoms with Crippen LogP contribution in [0.3, 0.4) is 0 Å². The van der Waals surface area contributed by atoms with E-state index >= 15 is 0 Å². The topological polar surface area (TPSA) is 198 Å². The lowest BCUT2D eigenvalue weighted by Crippen LogP contribution is -2.59. The van der Waals surface area contributed by atoms with Crippen LogP contribution in [0.5, 0.6) is 0 Å². The van der Waals surface area contributed by atoms with Crippen LogP contribution in [0.15, 0.2) is 54.6 Å². The first-order chi connectivity index (χ1) is 24.4. The summed E-state index contributed by atoms with van der Waals surface area (Å²) in [5.41, 5.74) is -5.69. The summed E-state index contributed by atoms with van der Waals surface area (Å²) in [6.45, 7) is 17.9. The molecule has 0 aliphatic heterocycles. The highest BCUT2D eigenvalue weighted by Crippen LogP contribution is 2.54. The van der Waals surface area contributed by atoms with Gasteiger partial charge in [0.15, 0.2) is 12.2 Å². The lowest BCUT2D eigenvalue weighted by atomic mass is 9.71. The maximum Gasteiger partial charge on any atom is 0.338 e. The molecule has 2 N–H and O–H groups in total. The van der Waals surface area contributed by atoms with Crippen LogP contribution in [0.25, 0.3) is 0 Å². The average molecular weight is 745 g/mol. The number of ether oxygens (including phenoxy) is 6. The van der Waals surface area contributed by atoms with Crippen LogP contribution in [0.1, 0.15) is 86.0 Å². The molecule has 0 amide bonds. The number of carbonyl (C=O) groups is 6. The fourth-order valence-electron chi connectivity index (χ4n) is 7.30. The third-order valence-corrected chi connectivity index (χ3v) is 9.56. The highest BCUT2D eigenvalue weighted by atomic mass is 16.6. The predicted molar refractivity (Wildman–Crippen MR) is 187 cm³/mol. The third-order valence-electron chi connectivity index (χ3n) is 9.56. The third kappa shape index (κ3) is 9.71. The van der Waals surface area contributed by atoms with Crippen molar-refractivity contribution in [3.8, 4) is 0 Å². The number of rotatable bonds is 8. The first-order valence-corrected chi connectivity index (χ1v) is 17.4. The molecule has 0 radical (unpaired) electrons. The summed E-state index contributed by atoms with van der Waals surface area (Å²) in [5, 5.41) is 25.2. The number of hydrogen-bond acceptors (Lipinski definition) is 14. The summed E-state index contributed by atoms with van der Waals surface area (Å²) in [4.78, 5) is 78.0. The normalized spacial score (nSPS) is 33.2. The zero-order valence-corrected chi connectivity index (χ0v) is 31.9. The van der Waals surface area contributed by atoms with E-state index in [9.17, 15) is 39.0 Å². The van der Waals surface area contributed by atoms with Gasteiger partial charge in [-0.05, 0) is 19.1 Å². The smallest absolute Gasteiger partial charge is 0.338 e. The molecule has 2 aliphatic rings. The van der Waals surface area contributed by atoms with Crippen molar-refractivity contribution in [2.75, 3.05) is 0 Å². The molecule has 0 heterocycles. The van der Waals surface area contributed by atoms with Gasteiger partial charge < -0.3 is 38.6 Å². The fraction of sp³-hybridized carbons (Fsp3) is 0.590. The largest absolute Gasteiger partial charge is 0.459 e. The van der Waals surface area contributed by atoms with Crippen molar-refractivity contribution in [1.29, 1.82) is 0 Å². The molecule has 292 valence electrons. The minimum Gasteiger partial charge on any atom is -0.459 e. The van der Waals surface area contributed by atoms with E-state index in [1.165, 1.54) is 32.9 Å². The van der Waals surface area contributed by atoms with Gasteiger partial charge in [-0.3, -0.25) is 24.0 Å². The van der Waals surface area contributed by atoms with E-state index in [4.69, 9.17) is 28.4 Å². The Labute approximate surface area is 309 Å². The van der Waals surface area contributed by atoms with E-state index in [1.807, 2.05) is 0 Å². The van der Waals surface area contributed by atoms with Gasteiger partial charge in [-0.25, -0.2) is 4.79 Å². The van der Waals surface area contributed by atoms with E-state index in [1.54, 1.807) is 51.1 Å². The summed E-state index contributed by atoms with van der Waals surface area (Å²) in [6.07, 6.45) is -7.41. The van der Waals surface area contributed by atoms with Gasteiger partial charge in [-0.15, -0.1) is 0 Å². The SMILES string of the molecule is C=C1C(OC(C)=O)[C@H]2[C@@H](OC(=O)c3ccccc3)[C@](C)(OC(C)=O)C[C@]2(O)[C@@H](OC(C)=O)[C@@H](C)/C=C\C(C)(C)C(OC(C)=O)[C@H](O)[C@H]1OC(=O)C(C)C. The monoisotopic (exact) mass is 744 g/mol. The fourth-order valence-corrected chi connectivity index (χ4v) is 7.30. The van der Waals surface area contributed by atoms with Gasteiger partial charge in [-0.2, -0.15) is 0 Å². The van der Waals surface area contributed by atoms with Crippen LogP contribution in [-0.4, -0.2) is 93.9 Å². The summed E-state index contributed by atoms with van der Waals surface area (Å²) in [7, 11) is 0. The molecule has 2 aliphatic carbocycles. The van der Waals surface area contributed by atoms with Crippen LogP contribution in [0.4, 0.5) is 0 Å².